The predicted octanol–water partition coefficient (Wildman–Crippen LogP) is 3.35. The van der Waals surface area contributed by atoms with Crippen molar-refractivity contribution < 1.29 is 5.11 Å². The summed E-state index contributed by atoms with van der Waals surface area (Å²) < 4.78 is 1.87. The number of fused-ring (bicyclic) bond motifs is 1. The fourth-order valence-corrected chi connectivity index (χ4v) is 2.85. The van der Waals surface area contributed by atoms with Crippen LogP contribution < -0.4 is 5.32 Å². The monoisotopic (exact) mass is 304 g/mol. The number of nitrogens with one attached hydrogen (secondary N) is 1. The number of rotatable bonds is 2. The number of phenolic OH excluding ortho intramolecular Hbond substituents is 1. The summed E-state index contributed by atoms with van der Waals surface area (Å²) in [6, 6.07) is 17.3. The lowest BCUT2D eigenvalue weighted by Gasteiger charge is -2.24. The molecule has 4 rings (SSSR count). The number of hydrogen-bond acceptors (Lipinski definition) is 4. The standard InChI is InChI=1S/C18H16N4O/c1-12-19-18-20-15(14-9-5-6-10-17(14)23)11-16(22(18)21-12)13-7-3-2-4-8-13/h2-11,16,23H,1H3,(H,19,20,21)/t16-/m1/s1. The maximum absolute atomic E-state index is 10.1. The Kier molecular flexibility index (Phi) is 3.12. The molecular weight excluding hydrogens is 288 g/mol. The summed E-state index contributed by atoms with van der Waals surface area (Å²) in [6.45, 7) is 1.87. The van der Waals surface area contributed by atoms with Crippen LogP contribution in [0, 0.1) is 6.92 Å². The summed E-state index contributed by atoms with van der Waals surface area (Å²) in [5, 5.41) is 17.9. The summed E-state index contributed by atoms with van der Waals surface area (Å²) in [5.74, 6) is 1.63. The van der Waals surface area contributed by atoms with E-state index in [1.54, 1.807) is 6.07 Å². The second-order valence-electron chi connectivity index (χ2n) is 5.51. The van der Waals surface area contributed by atoms with Gasteiger partial charge in [0.1, 0.15) is 17.6 Å². The molecule has 0 fully saturated rings. The fourth-order valence-electron chi connectivity index (χ4n) is 2.85. The topological polar surface area (TPSA) is 63.0 Å². The molecule has 3 aromatic rings. The Balaban J connectivity index is 1.86. The number of para-hydroxylation sites is 1. The minimum Gasteiger partial charge on any atom is -0.507 e. The number of nitrogens with zero attached hydrogens (tertiary/aromatic N) is 3. The van der Waals surface area contributed by atoms with Crippen molar-refractivity contribution in [1.29, 1.82) is 0 Å². The first kappa shape index (κ1) is 13.6. The fraction of sp³-hybridized carbons (Fsp3) is 0.111. The van der Waals surface area contributed by atoms with Crippen molar-refractivity contribution >= 4 is 11.6 Å². The van der Waals surface area contributed by atoms with E-state index < -0.39 is 0 Å². The van der Waals surface area contributed by atoms with Crippen LogP contribution in [-0.2, 0) is 0 Å². The highest BCUT2D eigenvalue weighted by atomic mass is 16.3. The molecule has 0 bridgehead atoms. The molecule has 0 unspecified atom stereocenters. The molecular formula is C18H16N4O. The van der Waals surface area contributed by atoms with Gasteiger partial charge in [0.05, 0.1) is 5.70 Å². The summed E-state index contributed by atoms with van der Waals surface area (Å²) in [7, 11) is 0. The van der Waals surface area contributed by atoms with E-state index in [1.165, 1.54) is 0 Å². The van der Waals surface area contributed by atoms with Crippen molar-refractivity contribution in [3.05, 3.63) is 77.6 Å². The third-order valence-electron chi connectivity index (χ3n) is 3.91. The average Bonchev–Trinajstić information content (AvgIpc) is 2.95. The van der Waals surface area contributed by atoms with E-state index in [0.717, 1.165) is 16.8 Å². The minimum absolute atomic E-state index is 0.0664. The van der Waals surface area contributed by atoms with Crippen LogP contribution in [0.5, 0.6) is 5.75 Å². The second kappa shape index (κ2) is 5.28. The number of aromatic nitrogens is 3. The molecule has 23 heavy (non-hydrogen) atoms. The smallest absolute Gasteiger partial charge is 0.226 e. The van der Waals surface area contributed by atoms with Crippen LogP contribution in [0.4, 0.5) is 5.95 Å². The molecule has 1 atom stereocenters. The quantitative estimate of drug-likeness (QED) is 0.762. The molecule has 114 valence electrons. The Bertz CT molecular complexity index is 883. The lowest BCUT2D eigenvalue weighted by Crippen LogP contribution is -2.20. The highest BCUT2D eigenvalue weighted by Crippen LogP contribution is 2.34. The van der Waals surface area contributed by atoms with Crippen molar-refractivity contribution in [2.45, 2.75) is 13.0 Å². The molecule has 1 aliphatic rings. The number of benzene rings is 2. The SMILES string of the molecule is Cc1nc2n(n1)[C@@H](c1ccccc1)C=C(c1ccccc1O)N2. The van der Waals surface area contributed by atoms with Crippen LogP contribution in [0.3, 0.4) is 0 Å². The largest absolute Gasteiger partial charge is 0.507 e. The number of hydrogen-bond donors (Lipinski definition) is 2. The summed E-state index contributed by atoms with van der Waals surface area (Å²) in [4.78, 5) is 4.45. The third kappa shape index (κ3) is 2.36. The molecule has 0 aliphatic carbocycles. The van der Waals surface area contributed by atoms with Gasteiger partial charge in [-0.1, -0.05) is 42.5 Å². The van der Waals surface area contributed by atoms with Gasteiger partial charge in [-0.3, -0.25) is 0 Å². The van der Waals surface area contributed by atoms with E-state index in [4.69, 9.17) is 0 Å². The minimum atomic E-state index is -0.0664. The van der Waals surface area contributed by atoms with Crippen LogP contribution in [0.25, 0.3) is 5.70 Å². The number of allylic oxidation sites excluding steroid dienone is 1. The van der Waals surface area contributed by atoms with Gasteiger partial charge in [0.2, 0.25) is 5.95 Å². The Labute approximate surface area is 133 Å². The molecule has 0 spiro atoms. The third-order valence-corrected chi connectivity index (χ3v) is 3.91. The maximum Gasteiger partial charge on any atom is 0.226 e. The zero-order valence-corrected chi connectivity index (χ0v) is 12.6. The molecule has 0 radical (unpaired) electrons. The van der Waals surface area contributed by atoms with Crippen molar-refractivity contribution in [2.75, 3.05) is 5.32 Å². The van der Waals surface area contributed by atoms with E-state index >= 15 is 0 Å². The van der Waals surface area contributed by atoms with Gasteiger partial charge >= 0.3 is 0 Å². The zero-order valence-electron chi connectivity index (χ0n) is 12.6. The van der Waals surface area contributed by atoms with Crippen LogP contribution in [0.2, 0.25) is 0 Å². The summed E-state index contributed by atoms with van der Waals surface area (Å²) in [5.41, 5.74) is 2.70. The van der Waals surface area contributed by atoms with Crippen molar-refractivity contribution in [1.82, 2.24) is 14.8 Å². The van der Waals surface area contributed by atoms with E-state index in [0.29, 0.717) is 11.8 Å². The van der Waals surface area contributed by atoms with E-state index in [1.807, 2.05) is 48.0 Å². The van der Waals surface area contributed by atoms with Crippen LogP contribution in [-0.4, -0.2) is 19.9 Å². The first-order chi connectivity index (χ1) is 11.2. The Morgan fingerprint density at radius 3 is 2.57 bits per heavy atom. The predicted molar refractivity (Wildman–Crippen MR) is 89.0 cm³/mol. The highest BCUT2D eigenvalue weighted by Gasteiger charge is 2.25. The lowest BCUT2D eigenvalue weighted by atomic mass is 10.0. The number of anilines is 1. The van der Waals surface area contributed by atoms with Gasteiger partial charge < -0.3 is 10.4 Å². The average molecular weight is 304 g/mol. The Morgan fingerprint density at radius 1 is 1.04 bits per heavy atom. The highest BCUT2D eigenvalue weighted by molar-refractivity contribution is 5.80. The molecule has 2 N–H and O–H groups in total. The second-order valence-corrected chi connectivity index (χ2v) is 5.51. The Hall–Kier alpha value is -3.08. The molecule has 0 saturated carbocycles. The maximum atomic E-state index is 10.1. The van der Waals surface area contributed by atoms with Gasteiger partial charge in [-0.2, -0.15) is 10.1 Å². The van der Waals surface area contributed by atoms with Crippen LogP contribution in [0.1, 0.15) is 23.0 Å². The van der Waals surface area contributed by atoms with Gasteiger partial charge in [-0.15, -0.1) is 0 Å². The molecule has 1 aromatic heterocycles. The normalized spacial score (nSPS) is 16.4. The van der Waals surface area contributed by atoms with Crippen molar-refractivity contribution in [2.24, 2.45) is 0 Å². The van der Waals surface area contributed by atoms with Gasteiger partial charge in [-0.25, -0.2) is 4.68 Å². The van der Waals surface area contributed by atoms with Gasteiger partial charge in [0.15, 0.2) is 0 Å². The van der Waals surface area contributed by atoms with E-state index in [-0.39, 0.29) is 11.8 Å². The van der Waals surface area contributed by atoms with Gasteiger partial charge in [-0.05, 0) is 30.7 Å². The summed E-state index contributed by atoms with van der Waals surface area (Å²) in [6.07, 6.45) is 2.06. The number of aryl methyl sites for hydroxylation is 1. The lowest BCUT2D eigenvalue weighted by molar-refractivity contribution is 0.473. The molecule has 0 amide bonds. The summed E-state index contributed by atoms with van der Waals surface area (Å²) >= 11 is 0. The van der Waals surface area contributed by atoms with Crippen molar-refractivity contribution in [3.8, 4) is 5.75 Å². The molecule has 5 heteroatoms. The molecule has 5 nitrogen and oxygen atoms in total. The number of phenols is 1. The molecule has 2 aromatic carbocycles. The van der Waals surface area contributed by atoms with Crippen LogP contribution in [0.15, 0.2) is 60.7 Å². The van der Waals surface area contributed by atoms with Crippen LogP contribution >= 0.6 is 0 Å². The zero-order chi connectivity index (χ0) is 15.8. The van der Waals surface area contributed by atoms with Gasteiger partial charge in [0, 0.05) is 5.56 Å². The van der Waals surface area contributed by atoms with Gasteiger partial charge in [0.25, 0.3) is 0 Å². The first-order valence-electron chi connectivity index (χ1n) is 7.47. The Morgan fingerprint density at radius 2 is 1.78 bits per heavy atom. The molecule has 0 saturated heterocycles. The molecule has 2 heterocycles. The van der Waals surface area contributed by atoms with E-state index in [9.17, 15) is 5.11 Å². The van der Waals surface area contributed by atoms with E-state index in [2.05, 4.69) is 33.6 Å². The molecule has 1 aliphatic heterocycles. The first-order valence-corrected chi connectivity index (χ1v) is 7.47. The number of aromatic hydroxyl groups is 1. The van der Waals surface area contributed by atoms with Crippen molar-refractivity contribution in [3.63, 3.8) is 0 Å².